The van der Waals surface area contributed by atoms with Gasteiger partial charge in [0.2, 0.25) is 0 Å². The molecule has 1 aromatic rings. The second-order valence-electron chi connectivity index (χ2n) is 5.67. The number of ether oxygens (including phenoxy) is 1. The highest BCUT2D eigenvalue weighted by Gasteiger charge is 2.24. The van der Waals surface area contributed by atoms with Gasteiger partial charge in [0.25, 0.3) is 0 Å². The number of nitrogens with one attached hydrogen (secondary N) is 1. The summed E-state index contributed by atoms with van der Waals surface area (Å²) in [4.78, 5) is 0. The van der Waals surface area contributed by atoms with Gasteiger partial charge < -0.3 is 10.1 Å². The van der Waals surface area contributed by atoms with E-state index >= 15 is 0 Å². The van der Waals surface area contributed by atoms with Crippen molar-refractivity contribution in [3.63, 3.8) is 0 Å². The van der Waals surface area contributed by atoms with Gasteiger partial charge in [-0.2, -0.15) is 0 Å². The van der Waals surface area contributed by atoms with Crippen molar-refractivity contribution in [3.8, 4) is 0 Å². The van der Waals surface area contributed by atoms with Crippen LogP contribution in [0.3, 0.4) is 0 Å². The molecule has 0 bridgehead atoms. The molecule has 1 aromatic carbocycles. The van der Waals surface area contributed by atoms with Crippen molar-refractivity contribution in [2.75, 3.05) is 20.3 Å². The molecule has 0 aliphatic heterocycles. The summed E-state index contributed by atoms with van der Waals surface area (Å²) in [7, 11) is 1.79. The van der Waals surface area contributed by atoms with E-state index in [0.717, 1.165) is 25.6 Å². The van der Waals surface area contributed by atoms with Crippen LogP contribution in [-0.2, 0) is 11.2 Å². The van der Waals surface area contributed by atoms with E-state index in [9.17, 15) is 0 Å². The Morgan fingerprint density at radius 3 is 2.74 bits per heavy atom. The summed E-state index contributed by atoms with van der Waals surface area (Å²) in [5.74, 6) is 1.20. The predicted octanol–water partition coefficient (Wildman–Crippen LogP) is 3.64. The average molecular weight is 326 g/mol. The molecule has 1 N–H and O–H groups in total. The van der Waals surface area contributed by atoms with E-state index in [2.05, 4.69) is 52.4 Å². The number of hydrogen-bond donors (Lipinski definition) is 1. The highest BCUT2D eigenvalue weighted by Crippen LogP contribution is 2.25. The van der Waals surface area contributed by atoms with Crippen LogP contribution in [0, 0.1) is 11.8 Å². The van der Waals surface area contributed by atoms with Gasteiger partial charge in [0.1, 0.15) is 0 Å². The Hall–Kier alpha value is -0.380. The number of halogens is 1. The topological polar surface area (TPSA) is 21.3 Å². The Bertz CT molecular complexity index is 392. The van der Waals surface area contributed by atoms with E-state index in [1.807, 2.05) is 0 Å². The predicted molar refractivity (Wildman–Crippen MR) is 83.4 cm³/mol. The number of rotatable bonds is 8. The van der Waals surface area contributed by atoms with Crippen LogP contribution in [0.15, 0.2) is 28.7 Å². The molecule has 2 atom stereocenters. The molecule has 2 rings (SSSR count). The molecule has 2 unspecified atom stereocenters. The van der Waals surface area contributed by atoms with Crippen molar-refractivity contribution in [2.24, 2.45) is 11.8 Å². The minimum Gasteiger partial charge on any atom is -0.384 e. The molecular weight excluding hydrogens is 302 g/mol. The molecule has 0 aromatic heterocycles. The maximum absolute atomic E-state index is 5.34. The largest absolute Gasteiger partial charge is 0.384 e. The van der Waals surface area contributed by atoms with Crippen molar-refractivity contribution < 1.29 is 4.74 Å². The maximum atomic E-state index is 5.34. The molecule has 19 heavy (non-hydrogen) atoms. The first-order chi connectivity index (χ1) is 9.20. The summed E-state index contributed by atoms with van der Waals surface area (Å²) in [6.45, 7) is 4.22. The fraction of sp³-hybridized carbons (Fsp3) is 0.625. The fourth-order valence-corrected chi connectivity index (χ4v) is 2.87. The minimum atomic E-state index is 0.573. The third-order valence-electron chi connectivity index (χ3n) is 3.92. The summed E-state index contributed by atoms with van der Waals surface area (Å²) < 4.78 is 6.55. The first-order valence-electron chi connectivity index (χ1n) is 7.16. The van der Waals surface area contributed by atoms with Gasteiger partial charge in [0.15, 0.2) is 0 Å². The third-order valence-corrected chi connectivity index (χ3v) is 4.69. The molecule has 0 radical (unpaired) electrons. The van der Waals surface area contributed by atoms with Crippen molar-refractivity contribution in [2.45, 2.75) is 32.2 Å². The second-order valence-corrected chi connectivity index (χ2v) is 6.53. The lowest BCUT2D eigenvalue weighted by molar-refractivity contribution is 0.128. The van der Waals surface area contributed by atoms with Crippen LogP contribution < -0.4 is 5.32 Å². The van der Waals surface area contributed by atoms with Crippen LogP contribution in [0.1, 0.15) is 25.3 Å². The van der Waals surface area contributed by atoms with E-state index in [-0.39, 0.29) is 0 Å². The molecule has 0 amide bonds. The second kappa shape index (κ2) is 7.41. The molecule has 0 spiro atoms. The first kappa shape index (κ1) is 15.0. The molecule has 0 heterocycles. The fourth-order valence-electron chi connectivity index (χ4n) is 2.43. The average Bonchev–Trinajstić information content (AvgIpc) is 3.21. The Morgan fingerprint density at radius 1 is 1.37 bits per heavy atom. The molecule has 3 heteroatoms. The molecule has 0 saturated heterocycles. The summed E-state index contributed by atoms with van der Waals surface area (Å²) in [5.41, 5.74) is 1.40. The molecule has 1 saturated carbocycles. The molecule has 2 nitrogen and oxygen atoms in total. The van der Waals surface area contributed by atoms with Crippen molar-refractivity contribution in [1.29, 1.82) is 0 Å². The van der Waals surface area contributed by atoms with Gasteiger partial charge in [0, 0.05) is 24.2 Å². The monoisotopic (exact) mass is 325 g/mol. The van der Waals surface area contributed by atoms with Gasteiger partial charge in [-0.25, -0.2) is 0 Å². The Morgan fingerprint density at radius 2 is 2.11 bits per heavy atom. The zero-order valence-electron chi connectivity index (χ0n) is 11.9. The lowest BCUT2D eigenvalue weighted by atomic mass is 9.88. The third kappa shape index (κ3) is 4.90. The van der Waals surface area contributed by atoms with Crippen molar-refractivity contribution in [3.05, 3.63) is 34.3 Å². The summed E-state index contributed by atoms with van der Waals surface area (Å²) in [5, 5.41) is 3.66. The summed E-state index contributed by atoms with van der Waals surface area (Å²) >= 11 is 3.65. The molecular formula is C16H24BrNO. The van der Waals surface area contributed by atoms with Gasteiger partial charge in [-0.15, -0.1) is 0 Å². The van der Waals surface area contributed by atoms with Crippen LogP contribution in [-0.4, -0.2) is 26.3 Å². The summed E-state index contributed by atoms with van der Waals surface area (Å²) in [6, 6.07) is 9.31. The molecule has 1 aliphatic carbocycles. The van der Waals surface area contributed by atoms with Crippen LogP contribution in [0.5, 0.6) is 0 Å². The normalized spacial score (nSPS) is 18.3. The van der Waals surface area contributed by atoms with Gasteiger partial charge in [0.05, 0.1) is 0 Å². The van der Waals surface area contributed by atoms with Gasteiger partial charge in [-0.05, 0) is 49.3 Å². The van der Waals surface area contributed by atoms with Crippen LogP contribution in [0.2, 0.25) is 0 Å². The highest BCUT2D eigenvalue weighted by atomic mass is 79.9. The van der Waals surface area contributed by atoms with Gasteiger partial charge in [-0.1, -0.05) is 41.1 Å². The Labute approximate surface area is 125 Å². The minimum absolute atomic E-state index is 0.573. The van der Waals surface area contributed by atoms with Gasteiger partial charge in [-0.3, -0.25) is 0 Å². The lowest BCUT2D eigenvalue weighted by Crippen LogP contribution is -2.32. The van der Waals surface area contributed by atoms with Crippen LogP contribution in [0.4, 0.5) is 0 Å². The number of hydrogen-bond acceptors (Lipinski definition) is 2. The molecule has 1 fully saturated rings. The summed E-state index contributed by atoms with van der Waals surface area (Å²) in [6.07, 6.45) is 3.80. The standard InChI is InChI=1S/C16H24BrNO/c1-12(11-19-2)14(10-18-15-7-8-15)9-13-5-3-4-6-16(13)17/h3-6,12,14-15,18H,7-11H2,1-2H3. The van der Waals surface area contributed by atoms with Crippen LogP contribution in [0.25, 0.3) is 0 Å². The van der Waals surface area contributed by atoms with Crippen molar-refractivity contribution in [1.82, 2.24) is 5.32 Å². The number of benzene rings is 1. The maximum Gasteiger partial charge on any atom is 0.0491 e. The van der Waals surface area contributed by atoms with E-state index < -0.39 is 0 Å². The zero-order chi connectivity index (χ0) is 13.7. The van der Waals surface area contributed by atoms with E-state index in [4.69, 9.17) is 4.74 Å². The van der Waals surface area contributed by atoms with Gasteiger partial charge >= 0.3 is 0 Å². The first-order valence-corrected chi connectivity index (χ1v) is 7.95. The SMILES string of the molecule is COCC(C)C(CNC1CC1)Cc1ccccc1Br. The number of methoxy groups -OCH3 is 1. The van der Waals surface area contributed by atoms with Crippen molar-refractivity contribution >= 4 is 15.9 Å². The molecule has 106 valence electrons. The Kier molecular flexibility index (Phi) is 5.86. The highest BCUT2D eigenvalue weighted by molar-refractivity contribution is 9.10. The lowest BCUT2D eigenvalue weighted by Gasteiger charge is -2.24. The quantitative estimate of drug-likeness (QED) is 0.787. The van der Waals surface area contributed by atoms with Crippen LogP contribution >= 0.6 is 15.9 Å². The van der Waals surface area contributed by atoms with E-state index in [1.54, 1.807) is 7.11 Å². The van der Waals surface area contributed by atoms with E-state index in [1.165, 1.54) is 22.9 Å². The van der Waals surface area contributed by atoms with E-state index in [0.29, 0.717) is 11.8 Å². The Balaban J connectivity index is 1.96. The zero-order valence-corrected chi connectivity index (χ0v) is 13.4. The molecule has 1 aliphatic rings. The smallest absolute Gasteiger partial charge is 0.0491 e.